The summed E-state index contributed by atoms with van der Waals surface area (Å²) in [6.07, 6.45) is 0.661. The molecule has 18 heavy (non-hydrogen) atoms. The zero-order valence-corrected chi connectivity index (χ0v) is 11.7. The lowest BCUT2D eigenvalue weighted by molar-refractivity contribution is -0.384. The number of hydrogen-bond donors (Lipinski definition) is 0. The molecule has 6 heteroatoms. The molecule has 0 atom stereocenters. The van der Waals surface area contributed by atoms with E-state index in [-0.39, 0.29) is 17.5 Å². The van der Waals surface area contributed by atoms with Crippen molar-refractivity contribution in [3.63, 3.8) is 0 Å². The van der Waals surface area contributed by atoms with Crippen LogP contribution in [0.25, 0.3) is 0 Å². The molecular weight excluding hydrogens is 300 g/mol. The van der Waals surface area contributed by atoms with Crippen LogP contribution in [-0.2, 0) is 11.2 Å². The van der Waals surface area contributed by atoms with Crippen LogP contribution in [0.1, 0.15) is 19.4 Å². The van der Waals surface area contributed by atoms with Gasteiger partial charge in [-0.2, -0.15) is 0 Å². The summed E-state index contributed by atoms with van der Waals surface area (Å²) in [6, 6.07) is 3.29. The SMILES string of the molecule is CC(C)C(=O)N1CCc2cc(Br)cc([N+](=O)[O-])c21. The third-order valence-electron chi connectivity index (χ3n) is 2.96. The van der Waals surface area contributed by atoms with Gasteiger partial charge in [-0.25, -0.2) is 0 Å². The molecule has 0 fully saturated rings. The highest BCUT2D eigenvalue weighted by molar-refractivity contribution is 9.10. The molecule has 0 aromatic heterocycles. The second-order valence-electron chi connectivity index (χ2n) is 4.58. The molecule has 1 amide bonds. The monoisotopic (exact) mass is 312 g/mol. The smallest absolute Gasteiger partial charge is 0.294 e. The fraction of sp³-hybridized carbons (Fsp3) is 0.417. The molecule has 1 aromatic rings. The van der Waals surface area contributed by atoms with Crippen LogP contribution >= 0.6 is 15.9 Å². The molecule has 0 aliphatic carbocycles. The third kappa shape index (κ3) is 2.12. The van der Waals surface area contributed by atoms with Gasteiger partial charge in [0.15, 0.2) is 0 Å². The first-order chi connectivity index (χ1) is 8.41. The lowest BCUT2D eigenvalue weighted by Crippen LogP contribution is -2.32. The maximum Gasteiger partial charge on any atom is 0.294 e. The van der Waals surface area contributed by atoms with Gasteiger partial charge in [-0.15, -0.1) is 0 Å². The Morgan fingerprint density at radius 1 is 1.50 bits per heavy atom. The summed E-state index contributed by atoms with van der Waals surface area (Å²) in [5, 5.41) is 11.1. The van der Waals surface area contributed by atoms with Crippen molar-refractivity contribution in [2.45, 2.75) is 20.3 Å². The predicted molar refractivity (Wildman–Crippen MR) is 71.7 cm³/mol. The molecule has 0 saturated heterocycles. The summed E-state index contributed by atoms with van der Waals surface area (Å²) >= 11 is 3.26. The van der Waals surface area contributed by atoms with Crippen molar-refractivity contribution in [3.8, 4) is 0 Å². The van der Waals surface area contributed by atoms with Gasteiger partial charge in [-0.1, -0.05) is 29.8 Å². The zero-order chi connectivity index (χ0) is 13.4. The molecule has 0 N–H and O–H groups in total. The van der Waals surface area contributed by atoms with E-state index < -0.39 is 4.92 Å². The zero-order valence-electron chi connectivity index (χ0n) is 10.1. The number of hydrogen-bond acceptors (Lipinski definition) is 3. The first-order valence-corrected chi connectivity index (χ1v) is 6.49. The lowest BCUT2D eigenvalue weighted by Gasteiger charge is -2.19. The number of anilines is 1. The largest absolute Gasteiger partial charge is 0.306 e. The molecule has 1 aliphatic heterocycles. The van der Waals surface area contributed by atoms with Gasteiger partial charge in [-0.3, -0.25) is 14.9 Å². The topological polar surface area (TPSA) is 63.5 Å². The van der Waals surface area contributed by atoms with E-state index in [1.165, 1.54) is 11.0 Å². The third-order valence-corrected chi connectivity index (χ3v) is 3.42. The number of amides is 1. The van der Waals surface area contributed by atoms with Crippen LogP contribution in [0.5, 0.6) is 0 Å². The highest BCUT2D eigenvalue weighted by atomic mass is 79.9. The van der Waals surface area contributed by atoms with Crippen molar-refractivity contribution in [3.05, 3.63) is 32.3 Å². The van der Waals surface area contributed by atoms with Crippen molar-refractivity contribution in [2.75, 3.05) is 11.4 Å². The Kier molecular flexibility index (Phi) is 3.38. The molecule has 0 spiro atoms. The van der Waals surface area contributed by atoms with Gasteiger partial charge in [-0.05, 0) is 18.1 Å². The quantitative estimate of drug-likeness (QED) is 0.623. The molecule has 5 nitrogen and oxygen atoms in total. The number of carbonyl (C=O) groups excluding carboxylic acids is 1. The Hall–Kier alpha value is -1.43. The molecule has 1 aliphatic rings. The second-order valence-corrected chi connectivity index (χ2v) is 5.50. The van der Waals surface area contributed by atoms with E-state index in [1.807, 2.05) is 6.07 Å². The minimum absolute atomic E-state index is 0.00845. The first kappa shape index (κ1) is 13.0. The molecule has 96 valence electrons. The number of carbonyl (C=O) groups is 1. The second kappa shape index (κ2) is 4.68. The Balaban J connectivity index is 2.55. The molecular formula is C12H13BrN2O3. The van der Waals surface area contributed by atoms with Gasteiger partial charge in [0, 0.05) is 23.0 Å². The van der Waals surface area contributed by atoms with Crippen molar-refractivity contribution in [1.29, 1.82) is 0 Å². The van der Waals surface area contributed by atoms with E-state index >= 15 is 0 Å². The number of benzene rings is 1. The van der Waals surface area contributed by atoms with Gasteiger partial charge in [0.25, 0.3) is 5.69 Å². The van der Waals surface area contributed by atoms with E-state index in [1.54, 1.807) is 13.8 Å². The molecule has 1 heterocycles. The number of nitrogens with zero attached hydrogens (tertiary/aromatic N) is 2. The van der Waals surface area contributed by atoms with Crippen LogP contribution in [0.15, 0.2) is 16.6 Å². The van der Waals surface area contributed by atoms with E-state index in [2.05, 4.69) is 15.9 Å². The average molecular weight is 313 g/mol. The van der Waals surface area contributed by atoms with Crippen molar-refractivity contribution in [1.82, 2.24) is 0 Å². The summed E-state index contributed by atoms with van der Waals surface area (Å²) < 4.78 is 0.673. The minimum atomic E-state index is -0.435. The van der Waals surface area contributed by atoms with Crippen LogP contribution in [-0.4, -0.2) is 17.4 Å². The fourth-order valence-corrected chi connectivity index (χ4v) is 2.65. The maximum absolute atomic E-state index is 12.1. The van der Waals surface area contributed by atoms with Crippen LogP contribution < -0.4 is 4.90 Å². The van der Waals surface area contributed by atoms with Gasteiger partial charge in [0.1, 0.15) is 5.69 Å². The average Bonchev–Trinajstić information content (AvgIpc) is 2.69. The summed E-state index contributed by atoms with van der Waals surface area (Å²) in [4.78, 5) is 24.3. The predicted octanol–water partition coefficient (Wildman–Crippen LogP) is 2.90. The van der Waals surface area contributed by atoms with Gasteiger partial charge >= 0.3 is 0 Å². The molecule has 0 unspecified atom stereocenters. The van der Waals surface area contributed by atoms with Gasteiger partial charge in [0.2, 0.25) is 5.91 Å². The Morgan fingerprint density at radius 2 is 2.17 bits per heavy atom. The summed E-state index contributed by atoms with van der Waals surface area (Å²) in [5.74, 6) is -0.238. The first-order valence-electron chi connectivity index (χ1n) is 5.70. The number of halogens is 1. The molecule has 0 bridgehead atoms. The van der Waals surface area contributed by atoms with Crippen molar-refractivity contribution in [2.24, 2.45) is 5.92 Å². The van der Waals surface area contributed by atoms with Crippen LogP contribution in [0.4, 0.5) is 11.4 Å². The van der Waals surface area contributed by atoms with Crippen molar-refractivity contribution < 1.29 is 9.72 Å². The molecule has 0 saturated carbocycles. The Labute approximate surface area is 113 Å². The highest BCUT2D eigenvalue weighted by Gasteiger charge is 2.33. The fourth-order valence-electron chi connectivity index (χ4n) is 2.16. The van der Waals surface area contributed by atoms with Crippen LogP contribution in [0.3, 0.4) is 0 Å². The van der Waals surface area contributed by atoms with Gasteiger partial charge < -0.3 is 4.90 Å². The Bertz CT molecular complexity index is 528. The van der Waals surface area contributed by atoms with Gasteiger partial charge in [0.05, 0.1) is 4.92 Å². The van der Waals surface area contributed by atoms with Crippen molar-refractivity contribution >= 4 is 33.2 Å². The molecule has 2 rings (SSSR count). The highest BCUT2D eigenvalue weighted by Crippen LogP contribution is 2.40. The van der Waals surface area contributed by atoms with E-state index in [9.17, 15) is 14.9 Å². The number of nitro groups is 1. The van der Waals surface area contributed by atoms with E-state index in [0.717, 1.165) is 5.56 Å². The summed E-state index contributed by atoms with van der Waals surface area (Å²) in [6.45, 7) is 4.11. The standard InChI is InChI=1S/C12H13BrN2O3/c1-7(2)12(16)14-4-3-8-5-9(13)6-10(11(8)14)15(17)18/h5-7H,3-4H2,1-2H3. The number of nitro benzene ring substituents is 1. The Morgan fingerprint density at radius 3 is 2.72 bits per heavy atom. The maximum atomic E-state index is 12.1. The lowest BCUT2D eigenvalue weighted by atomic mass is 10.1. The number of fused-ring (bicyclic) bond motifs is 1. The number of rotatable bonds is 2. The summed E-state index contributed by atoms with van der Waals surface area (Å²) in [5.41, 5.74) is 1.30. The normalized spacial score (nSPS) is 13.9. The molecule has 1 aromatic carbocycles. The molecule has 0 radical (unpaired) electrons. The van der Waals surface area contributed by atoms with Crippen LogP contribution in [0.2, 0.25) is 0 Å². The van der Waals surface area contributed by atoms with E-state index in [0.29, 0.717) is 23.1 Å². The minimum Gasteiger partial charge on any atom is -0.306 e. The summed E-state index contributed by atoms with van der Waals surface area (Å²) in [7, 11) is 0. The van der Waals surface area contributed by atoms with E-state index in [4.69, 9.17) is 0 Å². The van der Waals surface area contributed by atoms with Crippen LogP contribution in [0, 0.1) is 16.0 Å².